The number of nitrogens with zero attached hydrogens (tertiary/aromatic N) is 6. The second kappa shape index (κ2) is 15.3. The predicted molar refractivity (Wildman–Crippen MR) is 126 cm³/mol. The van der Waals surface area contributed by atoms with Crippen LogP contribution in [0.5, 0.6) is 11.5 Å². The van der Waals surface area contributed by atoms with Crippen molar-refractivity contribution in [1.82, 2.24) is 9.97 Å². The number of nitrogens with one attached hydrogen (secondary N) is 4. The number of aromatic amines is 4. The maximum absolute atomic E-state index is 11.1. The lowest BCUT2D eigenvalue weighted by atomic mass is 10.2. The molecule has 0 atom stereocenters. The number of rotatable bonds is 6. The Hall–Kier alpha value is -7.14. The summed E-state index contributed by atoms with van der Waals surface area (Å²) in [6.45, 7) is 0. The lowest BCUT2D eigenvalue weighted by Gasteiger charge is -2.06. The maximum atomic E-state index is 11.1. The van der Waals surface area contributed by atoms with E-state index < -0.39 is 75.2 Å². The predicted octanol–water partition coefficient (Wildman–Crippen LogP) is 0.627. The van der Waals surface area contributed by atoms with Gasteiger partial charge in [0.25, 0.3) is 34.1 Å². The quantitative estimate of drug-likeness (QED) is 0.228. The highest BCUT2D eigenvalue weighted by atomic mass is 16.7. The van der Waals surface area contributed by atoms with Crippen molar-refractivity contribution in [3.05, 3.63) is 122 Å². The molecule has 0 aliphatic rings. The summed E-state index contributed by atoms with van der Waals surface area (Å²) in [5, 5.41) is 84.2. The minimum Gasteiger partial charge on any atom is -0.863 e. The average molecular weight is 594 g/mol. The number of H-pyrrole nitrogens is 4. The third-order valence-electron chi connectivity index (χ3n) is 4.16. The van der Waals surface area contributed by atoms with Gasteiger partial charge in [-0.15, -0.1) is 0 Å². The lowest BCUT2D eigenvalue weighted by Crippen LogP contribution is -2.04. The molecule has 0 aliphatic carbocycles. The fourth-order valence-electron chi connectivity index (χ4n) is 2.40. The van der Waals surface area contributed by atoms with Gasteiger partial charge in [0.15, 0.2) is 0 Å². The van der Waals surface area contributed by atoms with Gasteiger partial charge in [0.2, 0.25) is 12.7 Å². The Morgan fingerprint density at radius 1 is 0.476 bits per heavy atom. The van der Waals surface area contributed by atoms with E-state index in [1.165, 1.54) is 0 Å². The van der Waals surface area contributed by atoms with Crippen LogP contribution in [-0.2, 0) is 0 Å². The summed E-state index contributed by atoms with van der Waals surface area (Å²) in [5.74, 6) is -2.92. The van der Waals surface area contributed by atoms with E-state index in [1.807, 2.05) is 24.8 Å². The van der Waals surface area contributed by atoms with Gasteiger partial charge in [-0.3, -0.25) is 80.6 Å². The largest absolute Gasteiger partial charge is 0.863 e. The molecule has 0 unspecified atom stereocenters. The SMILES string of the molecule is O=[N+]([O-])c1cc([N+](=O)[O-])c([O-])c([N+](=O)[O-])c1.O=[N+]([O-])c1cc([N+](=O)[O-])c([O-])c([N+](=O)[O-])c1.c1c[nH+]c[nH]1.c1c[nH+]c[nH]1. The summed E-state index contributed by atoms with van der Waals surface area (Å²) in [7, 11) is 0. The Labute approximate surface area is 228 Å². The van der Waals surface area contributed by atoms with Gasteiger partial charge < -0.3 is 10.2 Å². The van der Waals surface area contributed by atoms with Crippen molar-refractivity contribution in [3.8, 4) is 11.5 Å². The Kier molecular flexibility index (Phi) is 12.0. The molecule has 0 bridgehead atoms. The minimum atomic E-state index is -1.46. The van der Waals surface area contributed by atoms with Gasteiger partial charge in [0.1, 0.15) is 24.8 Å². The van der Waals surface area contributed by atoms with Crippen molar-refractivity contribution in [2.24, 2.45) is 0 Å². The Balaban J connectivity index is 0.000000315. The number of nitro groups is 6. The van der Waals surface area contributed by atoms with Gasteiger partial charge in [0, 0.05) is 0 Å². The van der Waals surface area contributed by atoms with Gasteiger partial charge in [-0.05, 0) is 0 Å². The highest BCUT2D eigenvalue weighted by molar-refractivity contribution is 5.64. The molecule has 24 nitrogen and oxygen atoms in total. The van der Waals surface area contributed by atoms with Gasteiger partial charge in [-0.25, -0.2) is 0 Å². The first-order valence-electron chi connectivity index (χ1n) is 10.2. The Morgan fingerprint density at radius 2 is 0.738 bits per heavy atom. The van der Waals surface area contributed by atoms with Crippen LogP contribution in [0.25, 0.3) is 0 Å². The summed E-state index contributed by atoms with van der Waals surface area (Å²) in [4.78, 5) is 66.3. The minimum absolute atomic E-state index is 0.384. The Bertz CT molecular complexity index is 1350. The van der Waals surface area contributed by atoms with E-state index in [0.717, 1.165) is 0 Å². The molecule has 0 saturated carbocycles. The summed E-state index contributed by atoms with van der Waals surface area (Å²) in [6, 6.07) is 1.54. The van der Waals surface area contributed by atoms with Gasteiger partial charge in [-0.1, -0.05) is 0 Å². The van der Waals surface area contributed by atoms with Gasteiger partial charge in [-0.2, -0.15) is 0 Å². The standard InChI is InChI=1S/2C6H3N3O7.2C3H4N2/c2*10-6-4(8(13)14)1-3(7(11)12)2-5(6)9(15)16;2*1-2-5-3-4-1/h2*1-2,10H;2*1-3H,(H,4,5). The average Bonchev–Trinajstić information content (AvgIpc) is 3.68. The first-order valence-corrected chi connectivity index (χ1v) is 10.2. The number of aromatic nitrogens is 4. The molecule has 0 fully saturated rings. The molecule has 24 heteroatoms. The number of imidazole rings is 2. The van der Waals surface area contributed by atoms with Crippen LogP contribution in [0.3, 0.4) is 0 Å². The maximum Gasteiger partial charge on any atom is 0.283 e. The molecular formula is C18H14N10O14. The van der Waals surface area contributed by atoms with E-state index in [-0.39, 0.29) is 0 Å². The van der Waals surface area contributed by atoms with Crippen LogP contribution in [0, 0.1) is 60.7 Å². The normalized spacial score (nSPS) is 9.33. The van der Waals surface area contributed by atoms with Crippen molar-refractivity contribution in [2.75, 3.05) is 0 Å². The number of non-ortho nitro benzene ring substituents is 2. The second-order valence-electron chi connectivity index (χ2n) is 6.79. The van der Waals surface area contributed by atoms with E-state index in [4.69, 9.17) is 0 Å². The lowest BCUT2D eigenvalue weighted by molar-refractivity contribution is -0.420. The fraction of sp³-hybridized carbons (Fsp3) is 0. The van der Waals surface area contributed by atoms with E-state index in [9.17, 15) is 70.9 Å². The molecule has 2 aromatic carbocycles. The van der Waals surface area contributed by atoms with Gasteiger partial charge >= 0.3 is 0 Å². The molecule has 220 valence electrons. The molecular weight excluding hydrogens is 580 g/mol. The summed E-state index contributed by atoms with van der Waals surface area (Å²) < 4.78 is 0. The first-order chi connectivity index (χ1) is 19.7. The highest BCUT2D eigenvalue weighted by Crippen LogP contribution is 2.37. The van der Waals surface area contributed by atoms with E-state index >= 15 is 0 Å². The molecule has 0 amide bonds. The molecule has 0 spiro atoms. The van der Waals surface area contributed by atoms with Crippen LogP contribution >= 0.6 is 0 Å². The molecule has 0 aliphatic heterocycles. The van der Waals surface area contributed by atoms with E-state index in [2.05, 4.69) is 19.9 Å². The van der Waals surface area contributed by atoms with Crippen molar-refractivity contribution in [2.45, 2.75) is 0 Å². The van der Waals surface area contributed by atoms with Crippen molar-refractivity contribution in [1.29, 1.82) is 0 Å². The molecule has 2 heterocycles. The number of benzene rings is 2. The van der Waals surface area contributed by atoms with Crippen LogP contribution in [0.15, 0.2) is 61.7 Å². The molecule has 4 aromatic rings. The van der Waals surface area contributed by atoms with E-state index in [1.54, 1.807) is 12.7 Å². The van der Waals surface area contributed by atoms with Crippen LogP contribution in [0.2, 0.25) is 0 Å². The third kappa shape index (κ3) is 9.63. The van der Waals surface area contributed by atoms with E-state index in [0.29, 0.717) is 24.3 Å². The fourth-order valence-corrected chi connectivity index (χ4v) is 2.40. The number of hydrogen-bond donors (Lipinski definition) is 2. The first kappa shape index (κ1) is 32.9. The Morgan fingerprint density at radius 3 is 0.857 bits per heavy atom. The third-order valence-corrected chi connectivity index (χ3v) is 4.16. The van der Waals surface area contributed by atoms with Crippen molar-refractivity contribution in [3.63, 3.8) is 0 Å². The zero-order valence-corrected chi connectivity index (χ0v) is 20.2. The molecule has 2 aromatic heterocycles. The zero-order valence-electron chi connectivity index (χ0n) is 20.2. The smallest absolute Gasteiger partial charge is 0.283 e. The second-order valence-corrected chi connectivity index (χ2v) is 6.79. The summed E-state index contributed by atoms with van der Waals surface area (Å²) in [5.41, 5.74) is -6.53. The number of hydrogen-bond acceptors (Lipinski definition) is 14. The summed E-state index contributed by atoms with van der Waals surface area (Å²) in [6.07, 6.45) is 10.8. The highest BCUT2D eigenvalue weighted by Gasteiger charge is 2.25. The summed E-state index contributed by atoms with van der Waals surface area (Å²) >= 11 is 0. The number of nitro benzene ring substituents is 6. The zero-order chi connectivity index (χ0) is 32.0. The van der Waals surface area contributed by atoms with Crippen molar-refractivity contribution >= 4 is 34.1 Å². The molecule has 4 rings (SSSR count). The molecule has 42 heavy (non-hydrogen) atoms. The van der Waals surface area contributed by atoms with Crippen LogP contribution in [-0.4, -0.2) is 39.5 Å². The van der Waals surface area contributed by atoms with Crippen LogP contribution in [0.1, 0.15) is 0 Å². The molecule has 0 saturated heterocycles. The molecule has 0 radical (unpaired) electrons. The van der Waals surface area contributed by atoms with Crippen LogP contribution < -0.4 is 20.2 Å². The van der Waals surface area contributed by atoms with Gasteiger partial charge in [0.05, 0.1) is 65.3 Å². The van der Waals surface area contributed by atoms with Crippen LogP contribution in [0.4, 0.5) is 34.1 Å². The van der Waals surface area contributed by atoms with Crippen molar-refractivity contribution < 1.29 is 49.7 Å². The topological polar surface area (TPSA) is 365 Å². The molecule has 4 N–H and O–H groups in total. The monoisotopic (exact) mass is 594 g/mol.